The highest BCUT2D eigenvalue weighted by Crippen LogP contribution is 2.36. The number of hydrogen-bond acceptors (Lipinski definition) is 21. The molecule has 4 aromatic rings. The molecule has 0 radical (unpaired) electrons. The molecule has 0 unspecified atom stereocenters. The van der Waals surface area contributed by atoms with Crippen LogP contribution in [0.1, 0.15) is 139 Å². The zero-order valence-corrected chi connectivity index (χ0v) is 56.7. The van der Waals surface area contributed by atoms with Gasteiger partial charge in [-0.25, -0.2) is 28.1 Å². The number of hydrogen-bond donors (Lipinski definition) is 7. The summed E-state index contributed by atoms with van der Waals surface area (Å²) in [6, 6.07) is 9.05. The zero-order valence-electron chi connectivity index (χ0n) is 55.9. The molecule has 0 spiro atoms. The molecule has 6 aliphatic rings. The lowest BCUT2D eigenvalue weighted by Crippen LogP contribution is -2.51. The number of aldehydes is 1. The number of nitrogens with zero attached hydrogens (tertiary/aromatic N) is 9. The quantitative estimate of drug-likeness (QED) is 0.0165. The number of benzene rings is 2. The van der Waals surface area contributed by atoms with Crippen molar-refractivity contribution < 1.29 is 71.6 Å². The summed E-state index contributed by atoms with van der Waals surface area (Å²) in [4.78, 5) is 112. The molecule has 2 saturated carbocycles. The van der Waals surface area contributed by atoms with E-state index < -0.39 is 22.8 Å². The Kier molecular flexibility index (Phi) is 34.2. The van der Waals surface area contributed by atoms with Gasteiger partial charge in [0.2, 0.25) is 47.3 Å². The predicted octanol–water partition coefficient (Wildman–Crippen LogP) is 2.96. The summed E-state index contributed by atoms with van der Waals surface area (Å²) < 4.78 is 43.2. The number of aromatic nitrogens is 6. The fraction of sp³-hybridized carbons (Fsp3) is 0.574. The lowest BCUT2D eigenvalue weighted by atomic mass is 9.90. The van der Waals surface area contributed by atoms with Gasteiger partial charge >= 0.3 is 0 Å². The van der Waals surface area contributed by atoms with Gasteiger partial charge in [0.05, 0.1) is 78.7 Å². The van der Waals surface area contributed by atoms with E-state index in [1.807, 2.05) is 28.5 Å². The smallest absolute Gasteiger partial charge is 0.240 e. The Morgan fingerprint density at radius 2 is 0.908 bits per heavy atom. The van der Waals surface area contributed by atoms with Crippen LogP contribution < -0.4 is 36.1 Å². The number of terminal acetylenes is 2. The maximum Gasteiger partial charge on any atom is 0.240 e. The Balaban J connectivity index is 0.000000251. The standard InChI is InChI=1S/2C24H32FN5O4.C10H14N2O2.C6H8O.C4H6N2O2.ClH/c2*1-2-24(33,18-8-9-19(25)20(11-18)34-14-17-6-7-17)15-30-21(26-16-27-30)5-3-4-10-29-12-22(31)28-23(32)13-29;1-2-3-4-5-6-12-7-9(13)11-10(14)8-12;1-2-3-4-5-6-7;7-3-1-5-2-4(8)6-3;/h2*8-9,11,16-17,33H,2-7,10,12-15H2,1H3,(H,28,31,32);1H,3-8H2,(H,11,13,14);1,6H,3-5H2;5H,1-2H2,(H,6,7,8);1H/t2*24-;;;;/m11..../s1. The second kappa shape index (κ2) is 41.7. The highest BCUT2D eigenvalue weighted by molar-refractivity contribution is 6.01. The molecule has 98 heavy (non-hydrogen) atoms. The van der Waals surface area contributed by atoms with Crippen LogP contribution in [0.2, 0.25) is 0 Å². The molecule has 2 atom stereocenters. The summed E-state index contributed by atoms with van der Waals surface area (Å²) in [6.45, 7) is 9.25. The number of imide groups is 4. The number of nitrogens with one attached hydrogen (secondary N) is 5. The van der Waals surface area contributed by atoms with Crippen LogP contribution in [0.15, 0.2) is 49.1 Å². The van der Waals surface area contributed by atoms with Gasteiger partial charge in [-0.2, -0.15) is 10.2 Å². The summed E-state index contributed by atoms with van der Waals surface area (Å²) in [6.07, 6.45) is 28.4. The second-order valence-corrected chi connectivity index (χ2v) is 24.7. The molecule has 6 fully saturated rings. The predicted molar refractivity (Wildman–Crippen MR) is 357 cm³/mol. The topological polar surface area (TPSA) is 344 Å². The third-order valence-electron chi connectivity index (χ3n) is 16.5. The minimum Gasteiger partial charge on any atom is -0.490 e. The fourth-order valence-electron chi connectivity index (χ4n) is 10.5. The number of halogens is 3. The van der Waals surface area contributed by atoms with Gasteiger partial charge in [0.15, 0.2) is 23.1 Å². The van der Waals surface area contributed by atoms with Crippen molar-refractivity contribution in [2.24, 2.45) is 11.8 Å². The number of carbonyl (C=O) groups is 9. The Hall–Kier alpha value is -8.42. The molecule has 2 aliphatic carbocycles. The number of ether oxygens (including phenoxy) is 2. The number of rotatable bonds is 31. The van der Waals surface area contributed by atoms with Gasteiger partial charge in [0, 0.05) is 32.1 Å². The van der Waals surface area contributed by atoms with Crippen molar-refractivity contribution in [1.29, 1.82) is 0 Å². The fourth-order valence-corrected chi connectivity index (χ4v) is 10.5. The molecule has 30 heteroatoms. The molecule has 10 rings (SSSR count). The van der Waals surface area contributed by atoms with Crippen LogP contribution in [0.4, 0.5) is 8.78 Å². The van der Waals surface area contributed by atoms with Gasteiger partial charge in [-0.3, -0.25) is 79.6 Å². The number of piperazine rings is 4. The lowest BCUT2D eigenvalue weighted by molar-refractivity contribution is -0.137. The SMILES string of the molecule is C#CCCCC=O.C#CCCCCN1CC(=O)NC(=O)C1.CC[C@@](O)(Cn1ncnc1CCCCN1CC(=O)NC(=O)C1)c1ccc(F)c(OCC2CC2)c1.CC[C@@](O)(Cn1ncnc1CCCCN1CC(=O)NC(=O)C1)c1ccc(F)c(OCC2CC2)c1.Cl.O=C1CNCC(=O)N1. The van der Waals surface area contributed by atoms with Crippen molar-refractivity contribution in [2.45, 2.75) is 154 Å². The molecule has 7 N–H and O–H groups in total. The summed E-state index contributed by atoms with van der Waals surface area (Å²) in [5, 5.41) is 43.1. The first kappa shape index (κ1) is 80.3. The van der Waals surface area contributed by atoms with Crippen LogP contribution in [0.25, 0.3) is 0 Å². The molecule has 8 amide bonds. The van der Waals surface area contributed by atoms with Gasteiger partial charge in [0.25, 0.3) is 0 Å². The Morgan fingerprint density at radius 3 is 1.23 bits per heavy atom. The molecule has 0 bridgehead atoms. The van der Waals surface area contributed by atoms with Crippen molar-refractivity contribution in [3.8, 4) is 36.2 Å². The monoisotopic (exact) mass is 1390 g/mol. The number of carbonyl (C=O) groups excluding carboxylic acids is 9. The molecular formula is C68H93ClF2N14O13. The van der Waals surface area contributed by atoms with E-state index in [0.29, 0.717) is 94.5 Å². The van der Waals surface area contributed by atoms with Crippen LogP contribution in [-0.4, -0.2) is 193 Å². The average Bonchev–Trinajstić information content (AvgIpc) is 0.975. The minimum atomic E-state index is -1.25. The summed E-state index contributed by atoms with van der Waals surface area (Å²) in [5.74, 6) is 4.97. The first-order chi connectivity index (χ1) is 46.6. The second-order valence-electron chi connectivity index (χ2n) is 24.7. The highest BCUT2D eigenvalue weighted by atomic mass is 35.5. The number of aliphatic hydroxyl groups is 2. The van der Waals surface area contributed by atoms with E-state index >= 15 is 0 Å². The van der Waals surface area contributed by atoms with Gasteiger partial charge in [-0.15, -0.1) is 37.1 Å². The minimum absolute atomic E-state index is 0. The maximum atomic E-state index is 14.2. The molecule has 534 valence electrons. The molecule has 6 heterocycles. The zero-order chi connectivity index (χ0) is 70.2. The van der Waals surface area contributed by atoms with E-state index in [0.717, 1.165) is 108 Å². The Morgan fingerprint density at radius 1 is 0.551 bits per heavy atom. The molecule has 2 aromatic carbocycles. The van der Waals surface area contributed by atoms with Crippen molar-refractivity contribution >= 4 is 66.0 Å². The highest BCUT2D eigenvalue weighted by Gasteiger charge is 2.34. The molecule has 27 nitrogen and oxygen atoms in total. The van der Waals surface area contributed by atoms with Crippen LogP contribution >= 0.6 is 12.4 Å². The molecule has 4 aliphatic heterocycles. The van der Waals surface area contributed by atoms with Gasteiger partial charge < -0.3 is 24.5 Å². The van der Waals surface area contributed by atoms with Crippen LogP contribution in [0, 0.1) is 48.2 Å². The maximum absolute atomic E-state index is 14.2. The third kappa shape index (κ3) is 28.6. The van der Waals surface area contributed by atoms with E-state index in [4.69, 9.17) is 22.3 Å². The summed E-state index contributed by atoms with van der Waals surface area (Å²) in [5.41, 5.74) is -1.35. The molecule has 4 saturated heterocycles. The van der Waals surface area contributed by atoms with Crippen LogP contribution in [0.3, 0.4) is 0 Å². The van der Waals surface area contributed by atoms with Crippen molar-refractivity contribution in [3.05, 3.63) is 83.5 Å². The number of unbranched alkanes of at least 4 members (excludes halogenated alkanes) is 6. The van der Waals surface area contributed by atoms with Gasteiger partial charge in [-0.1, -0.05) is 26.0 Å². The number of aryl methyl sites for hydroxylation is 2. The number of amides is 8. The van der Waals surface area contributed by atoms with Gasteiger partial charge in [-0.05, 0) is 150 Å². The van der Waals surface area contributed by atoms with Crippen molar-refractivity contribution in [1.82, 2.24) is 70.8 Å². The van der Waals surface area contributed by atoms with Crippen molar-refractivity contribution in [3.63, 3.8) is 0 Å². The van der Waals surface area contributed by atoms with E-state index in [2.05, 4.69) is 58.6 Å². The lowest BCUT2D eigenvalue weighted by Gasteiger charge is -2.28. The first-order valence-corrected chi connectivity index (χ1v) is 33.2. The summed E-state index contributed by atoms with van der Waals surface area (Å²) >= 11 is 0. The van der Waals surface area contributed by atoms with Crippen LogP contribution in [0.5, 0.6) is 11.5 Å². The third-order valence-corrected chi connectivity index (χ3v) is 16.5. The Labute approximate surface area is 576 Å². The largest absolute Gasteiger partial charge is 0.490 e. The first-order valence-electron chi connectivity index (χ1n) is 33.2. The normalized spacial score (nSPS) is 17.6. The summed E-state index contributed by atoms with van der Waals surface area (Å²) in [7, 11) is 0. The molecular weight excluding hydrogens is 1290 g/mol. The van der Waals surface area contributed by atoms with E-state index in [-0.39, 0.29) is 124 Å². The molecule has 2 aromatic heterocycles. The Bertz CT molecular complexity index is 3160. The average molecular weight is 1390 g/mol. The van der Waals surface area contributed by atoms with E-state index in [9.17, 15) is 62.1 Å². The van der Waals surface area contributed by atoms with E-state index in [1.165, 1.54) is 24.8 Å². The van der Waals surface area contributed by atoms with Crippen molar-refractivity contribution in [2.75, 3.05) is 85.2 Å². The van der Waals surface area contributed by atoms with E-state index in [1.54, 1.807) is 33.6 Å². The van der Waals surface area contributed by atoms with Gasteiger partial charge in [0.1, 0.15) is 41.8 Å². The van der Waals surface area contributed by atoms with Crippen LogP contribution in [-0.2, 0) is 80.3 Å².